The van der Waals surface area contributed by atoms with Gasteiger partial charge in [-0.05, 0) is 31.2 Å². The van der Waals surface area contributed by atoms with Gasteiger partial charge in [0.2, 0.25) is 0 Å². The molecule has 0 spiro atoms. The van der Waals surface area contributed by atoms with Crippen molar-refractivity contribution in [1.82, 2.24) is 9.38 Å². The number of nitro benzene ring substituents is 1. The highest BCUT2D eigenvalue weighted by Crippen LogP contribution is 2.31. The van der Waals surface area contributed by atoms with E-state index in [-0.39, 0.29) is 23.6 Å². The van der Waals surface area contributed by atoms with Crippen LogP contribution in [-0.2, 0) is 6.61 Å². The number of rotatable bonds is 5. The number of nitrogens with zero attached hydrogens (tertiary/aromatic N) is 3. The molecule has 0 fully saturated rings. The number of methoxy groups -OCH3 is 1. The maximum atomic E-state index is 12.2. The Kier molecular flexibility index (Phi) is 4.34. The summed E-state index contributed by atoms with van der Waals surface area (Å²) < 4.78 is 12.0. The maximum absolute atomic E-state index is 12.2. The highest BCUT2D eigenvalue weighted by atomic mass is 16.6. The Hall–Kier alpha value is -3.42. The van der Waals surface area contributed by atoms with Crippen LogP contribution in [0.4, 0.5) is 5.69 Å². The molecule has 1 aromatic carbocycles. The monoisotopic (exact) mass is 341 g/mol. The van der Waals surface area contributed by atoms with Crippen LogP contribution in [0.2, 0.25) is 0 Å². The lowest BCUT2D eigenvalue weighted by atomic mass is 10.3. The third kappa shape index (κ3) is 3.27. The second-order valence-corrected chi connectivity index (χ2v) is 5.33. The van der Waals surface area contributed by atoms with Gasteiger partial charge in [-0.25, -0.2) is 4.98 Å². The number of hydrogen-bond acceptors (Lipinski definition) is 6. The molecular weight excluding hydrogens is 326 g/mol. The summed E-state index contributed by atoms with van der Waals surface area (Å²) >= 11 is 0. The van der Waals surface area contributed by atoms with E-state index in [0.29, 0.717) is 17.1 Å². The zero-order valence-electron chi connectivity index (χ0n) is 13.6. The third-order valence-electron chi connectivity index (χ3n) is 3.67. The molecule has 0 atom stereocenters. The van der Waals surface area contributed by atoms with Crippen LogP contribution in [0.15, 0.2) is 47.3 Å². The van der Waals surface area contributed by atoms with E-state index in [1.165, 1.54) is 29.7 Å². The van der Waals surface area contributed by atoms with Crippen LogP contribution >= 0.6 is 0 Å². The molecule has 0 bridgehead atoms. The number of fused-ring (bicyclic) bond motifs is 1. The van der Waals surface area contributed by atoms with Gasteiger partial charge >= 0.3 is 5.69 Å². The second kappa shape index (κ2) is 6.60. The SMILES string of the molecule is COc1ccc(OCc2cc(=O)n3c(C)cccc3n2)c([N+](=O)[O-])c1. The highest BCUT2D eigenvalue weighted by molar-refractivity contribution is 5.51. The van der Waals surface area contributed by atoms with Crippen molar-refractivity contribution in [3.05, 3.63) is 74.3 Å². The van der Waals surface area contributed by atoms with Crippen molar-refractivity contribution < 1.29 is 14.4 Å². The van der Waals surface area contributed by atoms with Gasteiger partial charge in [-0.15, -0.1) is 0 Å². The summed E-state index contributed by atoms with van der Waals surface area (Å²) in [5, 5.41) is 11.2. The lowest BCUT2D eigenvalue weighted by Crippen LogP contribution is -2.18. The molecule has 0 saturated carbocycles. The van der Waals surface area contributed by atoms with Gasteiger partial charge in [0.15, 0.2) is 5.75 Å². The Morgan fingerprint density at radius 2 is 2.04 bits per heavy atom. The van der Waals surface area contributed by atoms with E-state index in [1.807, 2.05) is 13.0 Å². The second-order valence-electron chi connectivity index (χ2n) is 5.33. The molecule has 2 heterocycles. The minimum absolute atomic E-state index is 0.0626. The standard InChI is InChI=1S/C17H15N3O5/c1-11-4-3-5-16-18-12(8-17(21)19(11)16)10-25-15-7-6-13(24-2)9-14(15)20(22)23/h3-9H,10H2,1-2H3. The van der Waals surface area contributed by atoms with E-state index in [9.17, 15) is 14.9 Å². The molecule has 3 rings (SSSR count). The lowest BCUT2D eigenvalue weighted by molar-refractivity contribution is -0.386. The van der Waals surface area contributed by atoms with Crippen LogP contribution in [0.5, 0.6) is 11.5 Å². The van der Waals surface area contributed by atoms with Gasteiger partial charge in [0.1, 0.15) is 18.0 Å². The topological polar surface area (TPSA) is 96.0 Å². The van der Waals surface area contributed by atoms with E-state index in [1.54, 1.807) is 18.2 Å². The normalized spacial score (nSPS) is 10.6. The van der Waals surface area contributed by atoms with Crippen LogP contribution in [0.1, 0.15) is 11.4 Å². The van der Waals surface area contributed by atoms with Crippen molar-refractivity contribution in [3.8, 4) is 11.5 Å². The zero-order chi connectivity index (χ0) is 18.0. The molecule has 3 aromatic rings. The van der Waals surface area contributed by atoms with Gasteiger partial charge in [0.25, 0.3) is 5.56 Å². The number of nitro groups is 1. The summed E-state index contributed by atoms with van der Waals surface area (Å²) in [6, 6.07) is 11.0. The quantitative estimate of drug-likeness (QED) is 0.522. The fourth-order valence-electron chi connectivity index (χ4n) is 2.48. The molecule has 25 heavy (non-hydrogen) atoms. The Labute approximate surface area is 142 Å². The Bertz CT molecular complexity index is 1010. The predicted molar refractivity (Wildman–Crippen MR) is 90.2 cm³/mol. The molecule has 0 aliphatic heterocycles. The van der Waals surface area contributed by atoms with Crippen molar-refractivity contribution >= 4 is 11.3 Å². The van der Waals surface area contributed by atoms with Crippen LogP contribution in [-0.4, -0.2) is 21.4 Å². The summed E-state index contributed by atoms with van der Waals surface area (Å²) in [6.07, 6.45) is 0. The number of ether oxygens (including phenoxy) is 2. The molecule has 0 amide bonds. The molecule has 0 N–H and O–H groups in total. The number of aryl methyl sites for hydroxylation is 1. The van der Waals surface area contributed by atoms with Gasteiger partial charge in [0.05, 0.1) is 23.8 Å². The molecular formula is C17H15N3O5. The van der Waals surface area contributed by atoms with E-state index >= 15 is 0 Å². The van der Waals surface area contributed by atoms with E-state index in [0.717, 1.165) is 5.69 Å². The molecule has 0 aliphatic carbocycles. The first-order valence-electron chi connectivity index (χ1n) is 7.43. The fraction of sp³-hybridized carbons (Fsp3) is 0.176. The van der Waals surface area contributed by atoms with Gasteiger partial charge in [-0.3, -0.25) is 19.3 Å². The average Bonchev–Trinajstić information content (AvgIpc) is 2.59. The largest absolute Gasteiger partial charge is 0.496 e. The number of aromatic nitrogens is 2. The summed E-state index contributed by atoms with van der Waals surface area (Å²) in [7, 11) is 1.42. The van der Waals surface area contributed by atoms with Crippen LogP contribution < -0.4 is 15.0 Å². The molecule has 8 nitrogen and oxygen atoms in total. The fourth-order valence-corrected chi connectivity index (χ4v) is 2.48. The van der Waals surface area contributed by atoms with Crippen LogP contribution in [0.3, 0.4) is 0 Å². The van der Waals surface area contributed by atoms with Gasteiger partial charge in [-0.2, -0.15) is 0 Å². The lowest BCUT2D eigenvalue weighted by Gasteiger charge is -2.09. The minimum Gasteiger partial charge on any atom is -0.496 e. The third-order valence-corrected chi connectivity index (χ3v) is 3.67. The van der Waals surface area contributed by atoms with Crippen molar-refractivity contribution in [2.45, 2.75) is 13.5 Å². The number of benzene rings is 1. The molecule has 8 heteroatoms. The maximum Gasteiger partial charge on any atom is 0.314 e. The van der Waals surface area contributed by atoms with Gasteiger partial charge < -0.3 is 9.47 Å². The molecule has 128 valence electrons. The smallest absolute Gasteiger partial charge is 0.314 e. The molecule has 2 aromatic heterocycles. The van der Waals surface area contributed by atoms with Crippen molar-refractivity contribution in [2.24, 2.45) is 0 Å². The van der Waals surface area contributed by atoms with Crippen molar-refractivity contribution in [1.29, 1.82) is 0 Å². The zero-order valence-corrected chi connectivity index (χ0v) is 13.6. The number of pyridine rings is 1. The Morgan fingerprint density at radius 1 is 1.24 bits per heavy atom. The minimum atomic E-state index is -0.552. The first kappa shape index (κ1) is 16.4. The first-order valence-corrected chi connectivity index (χ1v) is 7.43. The highest BCUT2D eigenvalue weighted by Gasteiger charge is 2.17. The number of hydrogen-bond donors (Lipinski definition) is 0. The molecule has 0 aliphatic rings. The molecule has 0 unspecified atom stereocenters. The molecule has 0 radical (unpaired) electrons. The first-order chi connectivity index (χ1) is 12.0. The Morgan fingerprint density at radius 3 is 2.76 bits per heavy atom. The van der Waals surface area contributed by atoms with E-state index < -0.39 is 4.92 Å². The summed E-state index contributed by atoms with van der Waals surface area (Å²) in [4.78, 5) is 27.2. The Balaban J connectivity index is 1.91. The van der Waals surface area contributed by atoms with Gasteiger partial charge in [-0.1, -0.05) is 6.07 Å². The van der Waals surface area contributed by atoms with Crippen LogP contribution in [0.25, 0.3) is 5.65 Å². The van der Waals surface area contributed by atoms with Crippen molar-refractivity contribution in [3.63, 3.8) is 0 Å². The summed E-state index contributed by atoms with van der Waals surface area (Å²) in [5.74, 6) is 0.439. The average molecular weight is 341 g/mol. The van der Waals surface area contributed by atoms with Crippen LogP contribution in [0, 0.1) is 17.0 Å². The summed E-state index contributed by atoms with van der Waals surface area (Å²) in [5.41, 5.74) is 1.21. The van der Waals surface area contributed by atoms with E-state index in [2.05, 4.69) is 4.98 Å². The molecule has 0 saturated heterocycles. The van der Waals surface area contributed by atoms with Gasteiger partial charge in [0, 0.05) is 11.8 Å². The van der Waals surface area contributed by atoms with E-state index in [4.69, 9.17) is 9.47 Å². The predicted octanol–water partition coefficient (Wildman–Crippen LogP) is 2.50. The van der Waals surface area contributed by atoms with Crippen molar-refractivity contribution in [2.75, 3.05) is 7.11 Å². The summed E-state index contributed by atoms with van der Waals surface area (Å²) in [6.45, 7) is 1.75.